The van der Waals surface area contributed by atoms with Gasteiger partial charge in [0, 0.05) is 0 Å². The molecule has 0 rings (SSSR count). The van der Waals surface area contributed by atoms with E-state index in [1.807, 2.05) is 0 Å². The largest absolute Gasteiger partial charge is 0.408 e. The summed E-state index contributed by atoms with van der Waals surface area (Å²) in [7, 11) is -8.35. The van der Waals surface area contributed by atoms with Gasteiger partial charge >= 0.3 is 7.75 Å². The summed E-state index contributed by atoms with van der Waals surface area (Å²) < 4.78 is 20.1. The van der Waals surface area contributed by atoms with Gasteiger partial charge in [0.05, 0.1) is 0 Å². The minimum atomic E-state index is -4.55. The summed E-state index contributed by atoms with van der Waals surface area (Å²) >= 11 is 0. The van der Waals surface area contributed by atoms with Crippen molar-refractivity contribution < 1.29 is 18.9 Å². The number of nitrogens with two attached hydrogens (primary N) is 2. The Morgan fingerprint density at radius 1 is 1.22 bits per heavy atom. The molecule has 0 aromatic rings. The molecule has 0 atom stereocenters. The van der Waals surface area contributed by atoms with Crippen LogP contribution in [0.25, 0.3) is 0 Å². The summed E-state index contributed by atoms with van der Waals surface area (Å²) in [6.45, 7) is 0. The Hall–Kier alpha value is 0.260. The third-order valence-electron chi connectivity index (χ3n) is 0.287. The average molecular weight is 175 g/mol. The molecule has 0 aromatic carbocycles. The second-order valence-corrected chi connectivity index (χ2v) is 4.66. The summed E-state index contributed by atoms with van der Waals surface area (Å²) in [5.74, 6) is 0. The lowest BCUT2D eigenvalue weighted by Gasteiger charge is -2.08. The zero-order chi connectivity index (χ0) is 7.71. The van der Waals surface area contributed by atoms with Crippen LogP contribution in [0.2, 0.25) is 0 Å². The van der Waals surface area contributed by atoms with E-state index in [0.29, 0.717) is 0 Å². The van der Waals surface area contributed by atoms with Crippen LogP contribution in [0.3, 0.4) is 0 Å². The molecule has 56 valence electrons. The first-order valence-corrected chi connectivity index (χ1v) is 5.19. The molecule has 7 N–H and O–H groups in total. The lowest BCUT2D eigenvalue weighted by molar-refractivity contribution is 0.367. The van der Waals surface area contributed by atoms with Crippen molar-refractivity contribution >= 4 is 15.3 Å². The van der Waals surface area contributed by atoms with Gasteiger partial charge in [-0.3, -0.25) is 15.6 Å². The van der Waals surface area contributed by atoms with Gasteiger partial charge in [-0.1, -0.05) is 0 Å². The second kappa shape index (κ2) is 2.48. The van der Waals surface area contributed by atoms with Crippen molar-refractivity contribution in [3.05, 3.63) is 0 Å². The van der Waals surface area contributed by atoms with Gasteiger partial charge in [-0.05, 0) is 0 Å². The van der Waals surface area contributed by atoms with Crippen LogP contribution in [0.5, 0.6) is 0 Å². The van der Waals surface area contributed by atoms with Gasteiger partial charge in [0.25, 0.3) is 7.59 Å². The standard InChI is InChI=1S/H7N3O4P2/c1-8(2,4)3-9(5,6)7/h(H7,1,2,3,4,5,6,7). The Labute approximate surface area is 51.2 Å². The lowest BCUT2D eigenvalue weighted by atomic mass is 13.8. The van der Waals surface area contributed by atoms with Crippen molar-refractivity contribution in [1.82, 2.24) is 4.86 Å². The summed E-state index contributed by atoms with van der Waals surface area (Å²) in [6, 6.07) is 0. The fraction of sp³-hybridized carbons (Fsp3) is 0. The second-order valence-electron chi connectivity index (χ2n) is 1.35. The highest BCUT2D eigenvalue weighted by Gasteiger charge is 2.21. The van der Waals surface area contributed by atoms with Gasteiger partial charge in [-0.25, -0.2) is 4.57 Å². The molecule has 0 aliphatic rings. The molecule has 0 heterocycles. The quantitative estimate of drug-likeness (QED) is 0.328. The lowest BCUT2D eigenvalue weighted by Crippen LogP contribution is -2.19. The SMILES string of the molecule is NP(N)(=O)NP(=O)(O)O. The molecule has 0 aliphatic heterocycles. The number of nitrogens with one attached hydrogen (secondary N) is 1. The van der Waals surface area contributed by atoms with E-state index in [9.17, 15) is 9.13 Å². The van der Waals surface area contributed by atoms with E-state index >= 15 is 0 Å². The molecule has 0 spiro atoms. The number of hydrogen-bond donors (Lipinski definition) is 5. The van der Waals surface area contributed by atoms with Gasteiger partial charge in [0.2, 0.25) is 0 Å². The van der Waals surface area contributed by atoms with Crippen molar-refractivity contribution in [3.63, 3.8) is 0 Å². The Balaban J connectivity index is 4.07. The van der Waals surface area contributed by atoms with Crippen LogP contribution in [0.4, 0.5) is 0 Å². The van der Waals surface area contributed by atoms with Gasteiger partial charge in [0.15, 0.2) is 0 Å². The molecule has 0 aromatic heterocycles. The minimum absolute atomic E-state index is 1.24. The van der Waals surface area contributed by atoms with Crippen molar-refractivity contribution in [2.24, 2.45) is 11.0 Å². The van der Waals surface area contributed by atoms with Gasteiger partial charge in [0.1, 0.15) is 0 Å². The molecule has 7 nitrogen and oxygen atoms in total. The molecular weight excluding hydrogens is 168 g/mol. The first kappa shape index (κ1) is 9.26. The molecule has 0 saturated carbocycles. The van der Waals surface area contributed by atoms with E-state index in [0.717, 1.165) is 0 Å². The fourth-order valence-corrected chi connectivity index (χ4v) is 1.83. The molecule has 0 saturated heterocycles. The van der Waals surface area contributed by atoms with Crippen LogP contribution >= 0.6 is 15.3 Å². The zero-order valence-electron chi connectivity index (χ0n) is 4.26. The van der Waals surface area contributed by atoms with E-state index in [1.165, 1.54) is 4.86 Å². The van der Waals surface area contributed by atoms with Crippen molar-refractivity contribution in [2.75, 3.05) is 0 Å². The third kappa shape index (κ3) is 8.26. The Kier molecular flexibility index (Phi) is 2.55. The van der Waals surface area contributed by atoms with Crippen LogP contribution in [0.1, 0.15) is 0 Å². The zero-order valence-corrected chi connectivity index (χ0v) is 6.05. The first-order valence-electron chi connectivity index (χ1n) is 1.73. The topological polar surface area (TPSA) is 139 Å². The predicted octanol–water partition coefficient (Wildman–Crippen LogP) is -1.31. The molecule has 0 radical (unpaired) electrons. The summed E-state index contributed by atoms with van der Waals surface area (Å²) in [5.41, 5.74) is 9.10. The molecule has 0 fully saturated rings. The van der Waals surface area contributed by atoms with Crippen molar-refractivity contribution in [1.29, 1.82) is 0 Å². The number of rotatable bonds is 2. The van der Waals surface area contributed by atoms with Crippen LogP contribution in [-0.4, -0.2) is 9.79 Å². The molecule has 0 bridgehead atoms. The van der Waals surface area contributed by atoms with Crippen molar-refractivity contribution in [2.45, 2.75) is 0 Å². The summed E-state index contributed by atoms with van der Waals surface area (Å²) in [6.07, 6.45) is 0. The number of hydrogen-bond acceptors (Lipinski definition) is 2. The average Bonchev–Trinajstić information content (AvgIpc) is 1.14. The molecule has 0 unspecified atom stereocenters. The van der Waals surface area contributed by atoms with Gasteiger partial charge < -0.3 is 9.79 Å². The van der Waals surface area contributed by atoms with Crippen LogP contribution in [0, 0.1) is 0 Å². The smallest absolute Gasteiger partial charge is 0.312 e. The maximum absolute atomic E-state index is 10.2. The maximum atomic E-state index is 10.2. The van der Waals surface area contributed by atoms with Crippen LogP contribution < -0.4 is 15.9 Å². The molecule has 9 heavy (non-hydrogen) atoms. The van der Waals surface area contributed by atoms with Crippen LogP contribution in [-0.2, 0) is 9.13 Å². The van der Waals surface area contributed by atoms with Crippen LogP contribution in [0.15, 0.2) is 0 Å². The third-order valence-corrected chi connectivity index (χ3v) is 2.58. The molecular formula is H7N3O4P2. The van der Waals surface area contributed by atoms with Gasteiger partial charge in [-0.2, -0.15) is 0 Å². The Bertz CT molecular complexity index is 154. The van der Waals surface area contributed by atoms with E-state index < -0.39 is 15.3 Å². The normalized spacial score (nSPS) is 13.8. The maximum Gasteiger partial charge on any atom is 0.408 e. The molecule has 9 heteroatoms. The van der Waals surface area contributed by atoms with Gasteiger partial charge in [-0.15, -0.1) is 4.86 Å². The van der Waals surface area contributed by atoms with E-state index in [2.05, 4.69) is 11.0 Å². The Morgan fingerprint density at radius 3 is 1.56 bits per heavy atom. The first-order chi connectivity index (χ1) is 3.71. The monoisotopic (exact) mass is 175 g/mol. The Morgan fingerprint density at radius 2 is 1.56 bits per heavy atom. The fourth-order valence-electron chi connectivity index (χ4n) is 0.204. The van der Waals surface area contributed by atoms with E-state index in [1.54, 1.807) is 0 Å². The highest BCUT2D eigenvalue weighted by molar-refractivity contribution is 7.69. The van der Waals surface area contributed by atoms with E-state index in [4.69, 9.17) is 9.79 Å². The summed E-state index contributed by atoms with van der Waals surface area (Å²) in [4.78, 5) is 17.3. The predicted molar refractivity (Wildman–Crippen MR) is 31.2 cm³/mol. The minimum Gasteiger partial charge on any atom is -0.312 e. The highest BCUT2D eigenvalue weighted by atomic mass is 31.2. The van der Waals surface area contributed by atoms with E-state index in [-0.39, 0.29) is 0 Å². The van der Waals surface area contributed by atoms with Crippen molar-refractivity contribution in [3.8, 4) is 0 Å². The highest BCUT2D eigenvalue weighted by Crippen LogP contribution is 2.39. The molecule has 0 amide bonds. The molecule has 0 aliphatic carbocycles. The summed E-state index contributed by atoms with van der Waals surface area (Å²) in [5, 5.41) is 0.